The number of carbonyl (C=O) groups is 2. The highest BCUT2D eigenvalue weighted by atomic mass is 32.2. The molecule has 2 aliphatic rings. The van der Waals surface area contributed by atoms with Crippen LogP contribution in [0.4, 0.5) is 0 Å². The number of amidine groups is 1. The molecule has 0 radical (unpaired) electrons. The van der Waals surface area contributed by atoms with Crippen molar-refractivity contribution in [3.8, 4) is 11.5 Å². The lowest BCUT2D eigenvalue weighted by atomic mass is 9.93. The van der Waals surface area contributed by atoms with Crippen molar-refractivity contribution in [1.82, 2.24) is 4.90 Å². The number of fused-ring (bicyclic) bond motifs is 1. The molecule has 138 valence electrons. The van der Waals surface area contributed by atoms with Gasteiger partial charge in [-0.15, -0.1) is 0 Å². The molecule has 0 spiro atoms. The SMILES string of the molecule is CCOC(=O)C1=C(C)N=C2SCC(=O)N2C1c1cccc(OC)c1OC. The van der Waals surface area contributed by atoms with Crippen molar-refractivity contribution in [2.45, 2.75) is 19.9 Å². The van der Waals surface area contributed by atoms with Crippen molar-refractivity contribution >= 4 is 28.8 Å². The molecular formula is C18H20N2O5S. The summed E-state index contributed by atoms with van der Waals surface area (Å²) in [7, 11) is 3.07. The number of amides is 1. The molecule has 2 aliphatic heterocycles. The van der Waals surface area contributed by atoms with Crippen molar-refractivity contribution in [1.29, 1.82) is 0 Å². The van der Waals surface area contributed by atoms with Crippen LogP contribution in [0.1, 0.15) is 25.5 Å². The lowest BCUT2D eigenvalue weighted by Crippen LogP contribution is -2.39. The first-order valence-corrected chi connectivity index (χ1v) is 9.14. The summed E-state index contributed by atoms with van der Waals surface area (Å²) < 4.78 is 16.2. The van der Waals surface area contributed by atoms with Crippen molar-refractivity contribution in [3.05, 3.63) is 35.0 Å². The van der Waals surface area contributed by atoms with Crippen LogP contribution in [-0.2, 0) is 14.3 Å². The predicted octanol–water partition coefficient (Wildman–Crippen LogP) is 2.53. The average Bonchev–Trinajstić information content (AvgIpc) is 3.00. The van der Waals surface area contributed by atoms with Crippen LogP contribution in [-0.4, -0.2) is 48.5 Å². The van der Waals surface area contributed by atoms with E-state index in [9.17, 15) is 9.59 Å². The van der Waals surface area contributed by atoms with Gasteiger partial charge in [-0.3, -0.25) is 9.69 Å². The number of ether oxygens (including phenoxy) is 3. The Hall–Kier alpha value is -2.48. The number of rotatable bonds is 5. The molecule has 0 aromatic heterocycles. The first-order chi connectivity index (χ1) is 12.5. The van der Waals surface area contributed by atoms with Gasteiger partial charge in [0.25, 0.3) is 0 Å². The lowest BCUT2D eigenvalue weighted by Gasteiger charge is -2.33. The van der Waals surface area contributed by atoms with E-state index in [4.69, 9.17) is 14.2 Å². The van der Waals surface area contributed by atoms with Gasteiger partial charge in [0.05, 0.1) is 37.8 Å². The molecule has 1 fully saturated rings. The molecule has 8 heteroatoms. The molecule has 2 heterocycles. The van der Waals surface area contributed by atoms with Crippen LogP contribution >= 0.6 is 11.8 Å². The second-order valence-corrected chi connectivity index (χ2v) is 6.59. The third kappa shape index (κ3) is 2.94. The fourth-order valence-corrected chi connectivity index (χ4v) is 4.07. The fraction of sp³-hybridized carbons (Fsp3) is 0.389. The predicted molar refractivity (Wildman–Crippen MR) is 98.4 cm³/mol. The van der Waals surface area contributed by atoms with Gasteiger partial charge < -0.3 is 14.2 Å². The molecule has 0 saturated carbocycles. The van der Waals surface area contributed by atoms with Gasteiger partial charge in [-0.1, -0.05) is 23.9 Å². The number of methoxy groups -OCH3 is 2. The van der Waals surface area contributed by atoms with Crippen molar-refractivity contribution in [2.75, 3.05) is 26.6 Å². The van der Waals surface area contributed by atoms with E-state index in [0.29, 0.717) is 33.5 Å². The highest BCUT2D eigenvalue weighted by molar-refractivity contribution is 8.15. The van der Waals surface area contributed by atoms with E-state index in [1.807, 2.05) is 6.07 Å². The molecule has 0 bridgehead atoms. The molecular weight excluding hydrogens is 356 g/mol. The Bertz CT molecular complexity index is 818. The summed E-state index contributed by atoms with van der Waals surface area (Å²) >= 11 is 1.36. The number of thioether (sulfide) groups is 1. The summed E-state index contributed by atoms with van der Waals surface area (Å²) in [6.45, 7) is 3.72. The molecule has 1 amide bonds. The van der Waals surface area contributed by atoms with Crippen LogP contribution in [0.5, 0.6) is 11.5 Å². The van der Waals surface area contributed by atoms with E-state index in [0.717, 1.165) is 0 Å². The van der Waals surface area contributed by atoms with Gasteiger partial charge in [0.15, 0.2) is 16.7 Å². The Morgan fingerprint density at radius 1 is 1.35 bits per heavy atom. The van der Waals surface area contributed by atoms with Gasteiger partial charge in [0.1, 0.15) is 6.04 Å². The van der Waals surface area contributed by atoms with Crippen molar-refractivity contribution < 1.29 is 23.8 Å². The van der Waals surface area contributed by atoms with E-state index in [-0.39, 0.29) is 18.3 Å². The van der Waals surface area contributed by atoms with E-state index in [1.54, 1.807) is 38.0 Å². The minimum atomic E-state index is -0.672. The number of aliphatic imine (C=N–C) groups is 1. The number of hydrogen-bond acceptors (Lipinski definition) is 7. The van der Waals surface area contributed by atoms with Gasteiger partial charge in [-0.25, -0.2) is 9.79 Å². The maximum Gasteiger partial charge on any atom is 0.338 e. The van der Waals surface area contributed by atoms with Gasteiger partial charge in [-0.2, -0.15) is 0 Å². The molecule has 1 unspecified atom stereocenters. The van der Waals surface area contributed by atoms with Crippen LogP contribution in [0, 0.1) is 0 Å². The van der Waals surface area contributed by atoms with Crippen molar-refractivity contribution in [3.63, 3.8) is 0 Å². The number of carbonyl (C=O) groups excluding carboxylic acids is 2. The first kappa shape index (κ1) is 18.3. The van der Waals surface area contributed by atoms with Crippen LogP contribution in [0.25, 0.3) is 0 Å². The molecule has 7 nitrogen and oxygen atoms in total. The second kappa shape index (κ2) is 7.41. The second-order valence-electron chi connectivity index (χ2n) is 5.65. The fourth-order valence-electron chi connectivity index (χ4n) is 3.13. The maximum absolute atomic E-state index is 12.7. The molecule has 0 aliphatic carbocycles. The normalized spacial score (nSPS) is 19.2. The van der Waals surface area contributed by atoms with Gasteiger partial charge in [0, 0.05) is 5.56 Å². The van der Waals surface area contributed by atoms with E-state index in [1.165, 1.54) is 18.9 Å². The topological polar surface area (TPSA) is 77.4 Å². The largest absolute Gasteiger partial charge is 0.493 e. The third-order valence-corrected chi connectivity index (χ3v) is 5.15. The maximum atomic E-state index is 12.7. The molecule has 1 aromatic rings. The van der Waals surface area contributed by atoms with Crippen LogP contribution in [0.15, 0.2) is 34.5 Å². The summed E-state index contributed by atoms with van der Waals surface area (Å²) in [6.07, 6.45) is 0. The summed E-state index contributed by atoms with van der Waals surface area (Å²) in [6, 6.07) is 4.71. The van der Waals surface area contributed by atoms with Gasteiger partial charge >= 0.3 is 5.97 Å². The van der Waals surface area contributed by atoms with Crippen LogP contribution < -0.4 is 9.47 Å². The summed E-state index contributed by atoms with van der Waals surface area (Å²) in [5.41, 5.74) is 1.52. The molecule has 0 N–H and O–H groups in total. The van der Waals surface area contributed by atoms with E-state index in [2.05, 4.69) is 4.99 Å². The number of allylic oxidation sites excluding steroid dienone is 1. The molecule has 26 heavy (non-hydrogen) atoms. The average molecular weight is 376 g/mol. The summed E-state index contributed by atoms with van der Waals surface area (Å²) in [5.74, 6) is 0.672. The monoisotopic (exact) mass is 376 g/mol. The smallest absolute Gasteiger partial charge is 0.338 e. The summed E-state index contributed by atoms with van der Waals surface area (Å²) in [4.78, 5) is 31.2. The Morgan fingerprint density at radius 2 is 2.12 bits per heavy atom. The number of para-hydroxylation sites is 1. The van der Waals surface area contributed by atoms with Crippen molar-refractivity contribution in [2.24, 2.45) is 4.99 Å². The summed E-state index contributed by atoms with van der Waals surface area (Å²) in [5, 5.41) is 0.579. The molecule has 3 rings (SSSR count). The zero-order valence-corrected chi connectivity index (χ0v) is 15.9. The molecule has 1 saturated heterocycles. The first-order valence-electron chi connectivity index (χ1n) is 8.15. The Balaban J connectivity index is 2.22. The number of nitrogens with zero attached hydrogens (tertiary/aromatic N) is 2. The Morgan fingerprint density at radius 3 is 2.77 bits per heavy atom. The van der Waals surface area contributed by atoms with Crippen LogP contribution in [0.2, 0.25) is 0 Å². The number of esters is 1. The molecule has 1 aromatic carbocycles. The highest BCUT2D eigenvalue weighted by Gasteiger charge is 2.44. The lowest BCUT2D eigenvalue weighted by molar-refractivity contribution is -0.139. The van der Waals surface area contributed by atoms with E-state index >= 15 is 0 Å². The molecule has 1 atom stereocenters. The minimum absolute atomic E-state index is 0.113. The third-order valence-electron chi connectivity index (χ3n) is 4.21. The van der Waals surface area contributed by atoms with Crippen LogP contribution in [0.3, 0.4) is 0 Å². The quantitative estimate of drug-likeness (QED) is 0.735. The zero-order chi connectivity index (χ0) is 18.8. The standard InChI is InChI=1S/C18H20N2O5S/c1-5-25-17(22)14-10(2)19-18-20(13(21)9-26-18)15(14)11-7-6-8-12(23-3)16(11)24-4/h6-8,15H,5,9H2,1-4H3. The van der Waals surface area contributed by atoms with Gasteiger partial charge in [0.2, 0.25) is 5.91 Å². The Kier molecular flexibility index (Phi) is 5.22. The minimum Gasteiger partial charge on any atom is -0.493 e. The zero-order valence-electron chi connectivity index (χ0n) is 15.1. The number of hydrogen-bond donors (Lipinski definition) is 0. The van der Waals surface area contributed by atoms with E-state index < -0.39 is 12.0 Å². The Labute approximate surface area is 156 Å². The highest BCUT2D eigenvalue weighted by Crippen LogP contribution is 2.46. The van der Waals surface area contributed by atoms with Gasteiger partial charge in [-0.05, 0) is 19.9 Å². The number of benzene rings is 1.